The van der Waals surface area contributed by atoms with Crippen LogP contribution in [0.3, 0.4) is 0 Å². The molecule has 0 spiro atoms. The summed E-state index contributed by atoms with van der Waals surface area (Å²) in [7, 11) is 0. The molecule has 1 saturated heterocycles. The van der Waals surface area contributed by atoms with E-state index in [0.717, 1.165) is 0 Å². The molecule has 1 N–H and O–H groups in total. The average molecular weight is 197 g/mol. The molecule has 2 amide bonds. The van der Waals surface area contributed by atoms with Gasteiger partial charge in [-0.3, -0.25) is 4.79 Å². The molecule has 6 nitrogen and oxygen atoms in total. The van der Waals surface area contributed by atoms with Gasteiger partial charge in [0.05, 0.1) is 19.2 Å². The third kappa shape index (κ3) is 2.62. The first kappa shape index (κ1) is 10.3. The zero-order valence-corrected chi connectivity index (χ0v) is 7.82. The van der Waals surface area contributed by atoms with Gasteiger partial charge in [0.2, 0.25) is 0 Å². The Labute approximate surface area is 81.4 Å². The van der Waals surface area contributed by atoms with Crippen LogP contribution in [0, 0.1) is 11.3 Å². The van der Waals surface area contributed by atoms with E-state index in [-0.39, 0.29) is 12.6 Å². The van der Waals surface area contributed by atoms with Crippen molar-refractivity contribution in [3.8, 4) is 6.07 Å². The van der Waals surface area contributed by atoms with Gasteiger partial charge in [-0.05, 0) is 6.92 Å². The zero-order valence-electron chi connectivity index (χ0n) is 7.82. The molecular weight excluding hydrogens is 186 g/mol. The number of nitrogens with zero attached hydrogens (tertiary/aromatic N) is 2. The van der Waals surface area contributed by atoms with Crippen molar-refractivity contribution in [1.82, 2.24) is 10.2 Å². The predicted molar refractivity (Wildman–Crippen MR) is 46.1 cm³/mol. The van der Waals surface area contributed by atoms with Gasteiger partial charge < -0.3 is 15.0 Å². The van der Waals surface area contributed by atoms with Crippen LogP contribution in [0.1, 0.15) is 6.92 Å². The predicted octanol–water partition coefficient (Wildman–Crippen LogP) is -0.533. The van der Waals surface area contributed by atoms with Crippen molar-refractivity contribution in [3.63, 3.8) is 0 Å². The maximum Gasteiger partial charge on any atom is 0.325 e. The minimum atomic E-state index is -0.476. The summed E-state index contributed by atoms with van der Waals surface area (Å²) in [6.07, 6.45) is 0. The van der Waals surface area contributed by atoms with Gasteiger partial charge in [-0.1, -0.05) is 0 Å². The lowest BCUT2D eigenvalue weighted by Gasteiger charge is -2.04. The maximum absolute atomic E-state index is 11.1. The Hall–Kier alpha value is -1.77. The number of urea groups is 1. The monoisotopic (exact) mass is 197 g/mol. The first-order valence-electron chi connectivity index (χ1n) is 4.28. The molecular formula is C8H11N3O3. The van der Waals surface area contributed by atoms with E-state index in [1.54, 1.807) is 6.92 Å². The minimum absolute atomic E-state index is 0.151. The molecule has 0 aliphatic carbocycles. The van der Waals surface area contributed by atoms with Crippen LogP contribution < -0.4 is 5.32 Å². The summed E-state index contributed by atoms with van der Waals surface area (Å²) in [5, 5.41) is 10.8. The second-order valence-corrected chi connectivity index (χ2v) is 2.76. The molecule has 0 aromatic carbocycles. The van der Waals surface area contributed by atoms with Gasteiger partial charge >= 0.3 is 12.0 Å². The molecule has 1 aliphatic heterocycles. The fraction of sp³-hybridized carbons (Fsp3) is 0.625. The maximum atomic E-state index is 11.1. The largest absolute Gasteiger partial charge is 0.465 e. The Bertz CT molecular complexity index is 284. The highest BCUT2D eigenvalue weighted by Crippen LogP contribution is 2.15. The van der Waals surface area contributed by atoms with Gasteiger partial charge in [-0.2, -0.15) is 5.26 Å². The van der Waals surface area contributed by atoms with E-state index in [2.05, 4.69) is 10.1 Å². The molecule has 0 aromatic heterocycles. The Morgan fingerprint density at radius 1 is 1.71 bits per heavy atom. The topological polar surface area (TPSA) is 82.2 Å². The Balaban J connectivity index is 2.17. The van der Waals surface area contributed by atoms with Crippen molar-refractivity contribution >= 4 is 12.0 Å². The molecule has 1 rings (SSSR count). The first-order chi connectivity index (χ1) is 6.69. The summed E-state index contributed by atoms with van der Waals surface area (Å²) in [5.74, 6) is -0.476. The van der Waals surface area contributed by atoms with Crippen LogP contribution >= 0.6 is 0 Å². The van der Waals surface area contributed by atoms with Crippen molar-refractivity contribution in [2.75, 3.05) is 19.7 Å². The van der Waals surface area contributed by atoms with Crippen LogP contribution in [0.4, 0.5) is 4.79 Å². The number of esters is 1. The van der Waals surface area contributed by atoms with Gasteiger partial charge in [0.1, 0.15) is 12.6 Å². The van der Waals surface area contributed by atoms with E-state index in [1.165, 1.54) is 4.90 Å². The molecule has 76 valence electrons. The van der Waals surface area contributed by atoms with E-state index in [1.807, 2.05) is 6.07 Å². The number of carbonyl (C=O) groups excluding carboxylic acids is 2. The second kappa shape index (κ2) is 4.46. The molecule has 6 heteroatoms. The highest BCUT2D eigenvalue weighted by Gasteiger charge is 2.38. The summed E-state index contributed by atoms with van der Waals surface area (Å²) in [6.45, 7) is 2.27. The molecule has 0 radical (unpaired) electrons. The average Bonchev–Trinajstić information content (AvgIpc) is 2.93. The minimum Gasteiger partial charge on any atom is -0.465 e. The van der Waals surface area contributed by atoms with Gasteiger partial charge in [0.25, 0.3) is 0 Å². The summed E-state index contributed by atoms with van der Waals surface area (Å²) in [5.41, 5.74) is 0. The number of amides is 2. The second-order valence-electron chi connectivity index (χ2n) is 2.76. The molecule has 1 atom stereocenters. The van der Waals surface area contributed by atoms with Crippen LogP contribution in [0.5, 0.6) is 0 Å². The standard InChI is InChI=1S/C8H11N3O3/c1-2-14-7(12)4-10-8(13)11-5-6(11)3-9/h6H,2,4-5H2,1H3,(H,10,13). The first-order valence-corrected chi connectivity index (χ1v) is 4.28. The lowest BCUT2D eigenvalue weighted by atomic mass is 10.5. The SMILES string of the molecule is CCOC(=O)CNC(=O)N1CC1C#N. The van der Waals surface area contributed by atoms with Crippen LogP contribution in [-0.2, 0) is 9.53 Å². The fourth-order valence-corrected chi connectivity index (χ4v) is 0.935. The highest BCUT2D eigenvalue weighted by molar-refractivity contribution is 5.82. The third-order valence-corrected chi connectivity index (χ3v) is 1.71. The molecule has 1 aliphatic rings. The Morgan fingerprint density at radius 2 is 2.43 bits per heavy atom. The van der Waals surface area contributed by atoms with Crippen molar-refractivity contribution in [3.05, 3.63) is 0 Å². The molecule has 0 saturated carbocycles. The van der Waals surface area contributed by atoms with E-state index in [4.69, 9.17) is 5.26 Å². The fourth-order valence-electron chi connectivity index (χ4n) is 0.935. The van der Waals surface area contributed by atoms with Crippen LogP contribution in [0.25, 0.3) is 0 Å². The van der Waals surface area contributed by atoms with E-state index in [0.29, 0.717) is 13.2 Å². The van der Waals surface area contributed by atoms with Crippen molar-refractivity contribution in [1.29, 1.82) is 5.26 Å². The van der Waals surface area contributed by atoms with E-state index in [9.17, 15) is 9.59 Å². The summed E-state index contributed by atoms with van der Waals surface area (Å²) < 4.78 is 4.61. The van der Waals surface area contributed by atoms with Crippen molar-refractivity contribution < 1.29 is 14.3 Å². The molecule has 1 heterocycles. The third-order valence-electron chi connectivity index (χ3n) is 1.71. The van der Waals surface area contributed by atoms with Gasteiger partial charge in [0.15, 0.2) is 0 Å². The number of hydrogen-bond acceptors (Lipinski definition) is 4. The normalized spacial score (nSPS) is 18.3. The quantitative estimate of drug-likeness (QED) is 0.487. The van der Waals surface area contributed by atoms with Gasteiger partial charge in [-0.15, -0.1) is 0 Å². The van der Waals surface area contributed by atoms with Crippen LogP contribution in [0.2, 0.25) is 0 Å². The summed E-state index contributed by atoms with van der Waals surface area (Å²) in [6, 6.07) is 1.20. The molecule has 0 aromatic rings. The summed E-state index contributed by atoms with van der Waals surface area (Å²) >= 11 is 0. The number of hydrogen-bond donors (Lipinski definition) is 1. The smallest absolute Gasteiger partial charge is 0.325 e. The lowest BCUT2D eigenvalue weighted by Crippen LogP contribution is -2.34. The molecule has 1 fully saturated rings. The summed E-state index contributed by atoms with van der Waals surface area (Å²) in [4.78, 5) is 23.3. The zero-order chi connectivity index (χ0) is 10.6. The number of nitrogens with one attached hydrogen (secondary N) is 1. The highest BCUT2D eigenvalue weighted by atomic mass is 16.5. The van der Waals surface area contributed by atoms with Crippen LogP contribution in [-0.4, -0.2) is 42.6 Å². The van der Waals surface area contributed by atoms with E-state index < -0.39 is 12.0 Å². The number of carbonyl (C=O) groups is 2. The number of rotatable bonds is 3. The molecule has 1 unspecified atom stereocenters. The number of ether oxygens (including phenoxy) is 1. The Kier molecular flexibility index (Phi) is 3.29. The molecule has 14 heavy (non-hydrogen) atoms. The Morgan fingerprint density at radius 3 is 2.93 bits per heavy atom. The van der Waals surface area contributed by atoms with Crippen molar-refractivity contribution in [2.24, 2.45) is 0 Å². The van der Waals surface area contributed by atoms with Gasteiger partial charge in [-0.25, -0.2) is 4.79 Å². The van der Waals surface area contributed by atoms with Gasteiger partial charge in [0, 0.05) is 0 Å². The van der Waals surface area contributed by atoms with Crippen LogP contribution in [0.15, 0.2) is 0 Å². The van der Waals surface area contributed by atoms with Crippen molar-refractivity contribution in [2.45, 2.75) is 13.0 Å². The molecule has 0 bridgehead atoms. The number of nitriles is 1. The van der Waals surface area contributed by atoms with E-state index >= 15 is 0 Å². The lowest BCUT2D eigenvalue weighted by molar-refractivity contribution is -0.141.